The molecular formula is C31H54N4O3Sn2. The Labute approximate surface area is 264 Å². The summed E-state index contributed by atoms with van der Waals surface area (Å²) >= 11 is 0.369. The Hall–Kier alpha value is -0.103. The van der Waals surface area contributed by atoms with E-state index in [4.69, 9.17) is 9.15 Å². The number of unbranched alkanes of at least 4 members (excludes halogenated alkanes) is 3. The van der Waals surface area contributed by atoms with Gasteiger partial charge in [0.25, 0.3) is 0 Å². The number of hydrogen-bond acceptors (Lipinski definition) is 7. The number of anilines is 1. The van der Waals surface area contributed by atoms with Crippen molar-refractivity contribution in [3.05, 3.63) is 11.8 Å². The molecule has 224 valence electrons. The predicted molar refractivity (Wildman–Crippen MR) is 169 cm³/mol. The number of furan rings is 1. The van der Waals surface area contributed by atoms with Crippen molar-refractivity contribution in [2.75, 3.05) is 44.3 Å². The Morgan fingerprint density at radius 2 is 1.52 bits per heavy atom. The van der Waals surface area contributed by atoms with Crippen molar-refractivity contribution in [1.29, 1.82) is 0 Å². The Morgan fingerprint density at radius 1 is 0.950 bits per heavy atom. The second-order valence-corrected chi connectivity index (χ2v) is 22.0. The van der Waals surface area contributed by atoms with E-state index >= 15 is 0 Å². The molecule has 0 bridgehead atoms. The van der Waals surface area contributed by atoms with Crippen LogP contribution in [0.15, 0.2) is 10.5 Å². The molecule has 0 saturated carbocycles. The van der Waals surface area contributed by atoms with Gasteiger partial charge in [-0.2, -0.15) is 0 Å². The fourth-order valence-electron chi connectivity index (χ4n) is 5.70. The van der Waals surface area contributed by atoms with E-state index in [1.165, 1.54) is 61.0 Å². The van der Waals surface area contributed by atoms with Crippen LogP contribution in [0.25, 0.3) is 11.1 Å². The van der Waals surface area contributed by atoms with Crippen LogP contribution in [0.5, 0.6) is 0 Å². The van der Waals surface area contributed by atoms with Crippen molar-refractivity contribution in [2.24, 2.45) is 5.92 Å². The molecule has 2 aromatic rings. The maximum absolute atomic E-state index is 10.2. The van der Waals surface area contributed by atoms with E-state index in [2.05, 4.69) is 46.6 Å². The van der Waals surface area contributed by atoms with Gasteiger partial charge in [-0.1, -0.05) is 0 Å². The Kier molecular flexibility index (Phi) is 15.4. The number of ether oxygens (including phenoxy) is 1. The molecule has 4 rings (SSSR count). The summed E-state index contributed by atoms with van der Waals surface area (Å²) in [6.07, 6.45) is 10.9. The van der Waals surface area contributed by atoms with E-state index in [9.17, 15) is 5.11 Å². The van der Waals surface area contributed by atoms with Crippen molar-refractivity contribution >= 4 is 63.0 Å². The number of aromatic nitrogens is 2. The first kappa shape index (κ1) is 34.4. The first-order valence-corrected chi connectivity index (χ1v) is 23.4. The molecule has 7 nitrogen and oxygen atoms in total. The molecular weight excluding hydrogens is 714 g/mol. The molecule has 2 saturated heterocycles. The van der Waals surface area contributed by atoms with E-state index in [0.717, 1.165) is 85.3 Å². The molecule has 2 fully saturated rings. The third kappa shape index (κ3) is 11.2. The summed E-state index contributed by atoms with van der Waals surface area (Å²) in [5.74, 6) is 2.22. The monoisotopic (exact) mass is 770 g/mol. The first-order valence-electron chi connectivity index (χ1n) is 15.9. The van der Waals surface area contributed by atoms with Crippen LogP contribution in [-0.4, -0.2) is 107 Å². The number of aliphatic hydroxyl groups is 1. The molecule has 40 heavy (non-hydrogen) atoms. The third-order valence-electron chi connectivity index (χ3n) is 8.33. The minimum absolute atomic E-state index is 0.370. The van der Waals surface area contributed by atoms with Gasteiger partial charge in [0.15, 0.2) is 0 Å². The summed E-state index contributed by atoms with van der Waals surface area (Å²) in [5, 5.41) is 10.2. The molecule has 4 radical (unpaired) electrons. The van der Waals surface area contributed by atoms with Crippen molar-refractivity contribution < 1.29 is 14.3 Å². The van der Waals surface area contributed by atoms with Crippen LogP contribution in [-0.2, 0) is 11.3 Å². The molecule has 4 heterocycles. The molecule has 1 N–H and O–H groups in total. The van der Waals surface area contributed by atoms with Gasteiger partial charge in [-0.05, 0) is 0 Å². The van der Waals surface area contributed by atoms with Gasteiger partial charge in [0.05, 0.1) is 0 Å². The number of piperidine rings is 1. The van der Waals surface area contributed by atoms with Crippen molar-refractivity contribution in [3.63, 3.8) is 0 Å². The quantitative estimate of drug-likeness (QED) is 0.262. The zero-order valence-electron chi connectivity index (χ0n) is 25.9. The standard InChI is InChI=1S/C19H27N4O3.3C4H9.2Sn/c1-19(2,24)14-3-5-22(6-4-14)12-15-11-16-17(26-15)18(21-13-20-16)23-7-9-25-10-8-23;3*1-3-4-2;;/h11,14,24H,3-10,12H2,1-2H3;3*1,3-4H2,2H3;;. The second kappa shape index (κ2) is 17.9. The molecule has 0 spiro atoms. The van der Waals surface area contributed by atoms with Crippen molar-refractivity contribution in [3.8, 4) is 0 Å². The minimum atomic E-state index is -0.839. The van der Waals surface area contributed by atoms with Crippen LogP contribution in [0.4, 0.5) is 5.82 Å². The SMILES string of the molecule is CC(C)(O)C1CCN(Cc2cc3n[c]([Sn])nc(N4CCOCC4)c3o2)CC1.CCC[CH2][Sn]([CH2]CCC)[CH2]CCC. The number of likely N-dealkylation sites (tertiary alicyclic amines) is 1. The normalized spacial score (nSPS) is 17.4. The van der Waals surface area contributed by atoms with E-state index in [-0.39, 0.29) is 0 Å². The summed E-state index contributed by atoms with van der Waals surface area (Å²) in [5.41, 5.74) is 1.11. The number of morpholine rings is 1. The van der Waals surface area contributed by atoms with Crippen LogP contribution in [0.2, 0.25) is 13.3 Å². The zero-order valence-corrected chi connectivity index (χ0v) is 31.6. The van der Waals surface area contributed by atoms with Gasteiger partial charge in [0.1, 0.15) is 0 Å². The van der Waals surface area contributed by atoms with Crippen molar-refractivity contribution in [2.45, 2.75) is 111 Å². The van der Waals surface area contributed by atoms with Crippen molar-refractivity contribution in [1.82, 2.24) is 14.9 Å². The summed E-state index contributed by atoms with van der Waals surface area (Å²) in [6.45, 7) is 16.7. The molecule has 0 atom stereocenters. The van der Waals surface area contributed by atoms with Crippen LogP contribution >= 0.6 is 0 Å². The molecule has 0 amide bonds. The Balaban J connectivity index is 0.000000289. The van der Waals surface area contributed by atoms with Gasteiger partial charge >= 0.3 is 266 Å². The van der Waals surface area contributed by atoms with Crippen LogP contribution in [0.1, 0.15) is 91.7 Å². The molecule has 0 aromatic carbocycles. The Morgan fingerprint density at radius 3 is 2.05 bits per heavy atom. The van der Waals surface area contributed by atoms with E-state index in [1.54, 1.807) is 13.3 Å². The van der Waals surface area contributed by atoms with E-state index in [0.29, 0.717) is 5.92 Å². The number of nitrogens with zero attached hydrogens (tertiary/aromatic N) is 4. The average molecular weight is 768 g/mol. The van der Waals surface area contributed by atoms with Gasteiger partial charge in [0, 0.05) is 0 Å². The van der Waals surface area contributed by atoms with Crippen LogP contribution in [0.3, 0.4) is 0 Å². The summed E-state index contributed by atoms with van der Waals surface area (Å²) in [6, 6.07) is 2.07. The van der Waals surface area contributed by atoms with Gasteiger partial charge in [0.2, 0.25) is 0 Å². The number of hydrogen-bond donors (Lipinski definition) is 1. The van der Waals surface area contributed by atoms with Crippen LogP contribution in [0, 0.1) is 5.92 Å². The summed E-state index contributed by atoms with van der Waals surface area (Å²) in [7, 11) is 0. The first-order chi connectivity index (χ1) is 19.2. The fraction of sp³-hybridized carbons (Fsp3) is 0.806. The van der Waals surface area contributed by atoms with Gasteiger partial charge < -0.3 is 0 Å². The summed E-state index contributed by atoms with van der Waals surface area (Å²) < 4.78 is 17.6. The molecule has 0 aliphatic carbocycles. The summed E-state index contributed by atoms with van der Waals surface area (Å²) in [4.78, 5) is 13.9. The zero-order chi connectivity index (χ0) is 29.0. The molecule has 2 aliphatic heterocycles. The molecule has 0 unspecified atom stereocenters. The van der Waals surface area contributed by atoms with Gasteiger partial charge in [-0.15, -0.1) is 0 Å². The molecule has 2 aromatic heterocycles. The van der Waals surface area contributed by atoms with E-state index < -0.39 is 25.4 Å². The number of fused-ring (bicyclic) bond motifs is 1. The Bertz CT molecular complexity index is 964. The fourth-order valence-corrected chi connectivity index (χ4v) is 15.8. The predicted octanol–water partition coefficient (Wildman–Crippen LogP) is 5.72. The van der Waals surface area contributed by atoms with Crippen LogP contribution < -0.4 is 8.74 Å². The third-order valence-corrected chi connectivity index (χ3v) is 18.1. The van der Waals surface area contributed by atoms with Gasteiger partial charge in [-0.25, -0.2) is 0 Å². The number of rotatable bonds is 13. The topological polar surface area (TPSA) is 74.9 Å². The van der Waals surface area contributed by atoms with Gasteiger partial charge in [-0.3, -0.25) is 0 Å². The molecule has 2 aliphatic rings. The average Bonchev–Trinajstić information content (AvgIpc) is 3.34. The maximum atomic E-state index is 10.2. The molecule has 9 heteroatoms. The second-order valence-electron chi connectivity index (χ2n) is 12.2. The van der Waals surface area contributed by atoms with E-state index in [1.807, 2.05) is 13.8 Å².